The van der Waals surface area contributed by atoms with Crippen LogP contribution in [0.25, 0.3) is 0 Å². The minimum atomic E-state index is 0.000736. The second-order valence-corrected chi connectivity index (χ2v) is 4.86. The molecular formula is C9H15Br. The Morgan fingerprint density at radius 1 is 1.40 bits per heavy atom. The molecule has 1 heteroatoms. The molecule has 0 aromatic rings. The lowest BCUT2D eigenvalue weighted by atomic mass is 10.2. The smallest absolute Gasteiger partial charge is 0.0806 e. The Labute approximate surface area is 72.5 Å². The van der Waals surface area contributed by atoms with E-state index in [9.17, 15) is 0 Å². The SMILES string of the molecule is CCCCC#CC(C)(C)Br. The van der Waals surface area contributed by atoms with Crippen molar-refractivity contribution in [2.24, 2.45) is 0 Å². The maximum atomic E-state index is 3.46. The number of hydrogen-bond acceptors (Lipinski definition) is 0. The van der Waals surface area contributed by atoms with Gasteiger partial charge in [0, 0.05) is 6.42 Å². The van der Waals surface area contributed by atoms with Gasteiger partial charge in [-0.1, -0.05) is 35.2 Å². The van der Waals surface area contributed by atoms with Crippen LogP contribution in [0.2, 0.25) is 0 Å². The summed E-state index contributed by atoms with van der Waals surface area (Å²) >= 11 is 3.46. The molecule has 0 aliphatic heterocycles. The maximum absolute atomic E-state index is 3.46. The molecule has 0 heterocycles. The maximum Gasteiger partial charge on any atom is 0.0806 e. The van der Waals surface area contributed by atoms with E-state index in [1.165, 1.54) is 12.8 Å². The first-order valence-electron chi connectivity index (χ1n) is 3.75. The lowest BCUT2D eigenvalue weighted by molar-refractivity contribution is 0.825. The third-order valence-electron chi connectivity index (χ3n) is 1.04. The molecule has 0 spiro atoms. The van der Waals surface area contributed by atoms with Crippen molar-refractivity contribution < 1.29 is 0 Å². The molecule has 0 saturated heterocycles. The van der Waals surface area contributed by atoms with E-state index in [-0.39, 0.29) is 4.32 Å². The normalized spacial score (nSPS) is 10.4. The second kappa shape index (κ2) is 4.79. The van der Waals surface area contributed by atoms with E-state index in [1.807, 2.05) is 0 Å². The number of alkyl halides is 1. The predicted octanol–water partition coefficient (Wildman–Crippen LogP) is 3.35. The molecule has 0 aromatic heterocycles. The Hall–Kier alpha value is 0.0400. The number of halogens is 1. The summed E-state index contributed by atoms with van der Waals surface area (Å²) < 4.78 is 0.000736. The minimum Gasteiger partial charge on any atom is -0.102 e. The molecule has 0 saturated carbocycles. The van der Waals surface area contributed by atoms with Crippen LogP contribution < -0.4 is 0 Å². The van der Waals surface area contributed by atoms with Gasteiger partial charge in [-0.2, -0.15) is 0 Å². The third-order valence-corrected chi connectivity index (χ3v) is 1.24. The molecule has 0 bridgehead atoms. The van der Waals surface area contributed by atoms with Gasteiger partial charge in [0.05, 0.1) is 4.32 Å². The van der Waals surface area contributed by atoms with Gasteiger partial charge in [0.25, 0.3) is 0 Å². The Morgan fingerprint density at radius 3 is 2.40 bits per heavy atom. The van der Waals surface area contributed by atoms with E-state index >= 15 is 0 Å². The molecule has 0 aliphatic rings. The zero-order valence-corrected chi connectivity index (χ0v) is 8.59. The molecule has 0 rings (SSSR count). The van der Waals surface area contributed by atoms with Crippen molar-refractivity contribution in [3.05, 3.63) is 0 Å². The van der Waals surface area contributed by atoms with Gasteiger partial charge in [-0.05, 0) is 20.3 Å². The monoisotopic (exact) mass is 202 g/mol. The molecule has 0 radical (unpaired) electrons. The van der Waals surface area contributed by atoms with Crippen LogP contribution in [0.3, 0.4) is 0 Å². The van der Waals surface area contributed by atoms with Gasteiger partial charge in [-0.3, -0.25) is 0 Å². The summed E-state index contributed by atoms with van der Waals surface area (Å²) in [5.74, 6) is 6.25. The number of hydrogen-bond donors (Lipinski definition) is 0. The van der Waals surface area contributed by atoms with Crippen molar-refractivity contribution in [3.63, 3.8) is 0 Å². The largest absolute Gasteiger partial charge is 0.102 e. The lowest BCUT2D eigenvalue weighted by Crippen LogP contribution is -2.03. The van der Waals surface area contributed by atoms with E-state index in [0.29, 0.717) is 0 Å². The average molecular weight is 203 g/mol. The highest BCUT2D eigenvalue weighted by atomic mass is 79.9. The van der Waals surface area contributed by atoms with E-state index in [0.717, 1.165) is 6.42 Å². The first-order valence-corrected chi connectivity index (χ1v) is 4.54. The molecule has 0 aromatic carbocycles. The average Bonchev–Trinajstić information content (AvgIpc) is 1.78. The Kier molecular flexibility index (Phi) is 4.81. The lowest BCUT2D eigenvalue weighted by Gasteiger charge is -2.03. The Bertz CT molecular complexity index is 131. The van der Waals surface area contributed by atoms with Crippen LogP contribution in [-0.2, 0) is 0 Å². The molecule has 0 aliphatic carbocycles. The zero-order valence-electron chi connectivity index (χ0n) is 7.00. The summed E-state index contributed by atoms with van der Waals surface area (Å²) in [6, 6.07) is 0. The van der Waals surface area contributed by atoms with Crippen molar-refractivity contribution in [2.75, 3.05) is 0 Å². The first kappa shape index (κ1) is 10.0. The molecular weight excluding hydrogens is 188 g/mol. The number of unbranched alkanes of at least 4 members (excludes halogenated alkanes) is 2. The van der Waals surface area contributed by atoms with Gasteiger partial charge in [-0.25, -0.2) is 0 Å². The van der Waals surface area contributed by atoms with Crippen LogP contribution in [0.4, 0.5) is 0 Å². The van der Waals surface area contributed by atoms with Crippen molar-refractivity contribution in [3.8, 4) is 11.8 Å². The van der Waals surface area contributed by atoms with E-state index < -0.39 is 0 Å². The van der Waals surface area contributed by atoms with Crippen LogP contribution >= 0.6 is 15.9 Å². The molecule has 10 heavy (non-hydrogen) atoms. The van der Waals surface area contributed by atoms with E-state index in [1.54, 1.807) is 0 Å². The molecule has 0 unspecified atom stereocenters. The molecule has 0 fully saturated rings. The summed E-state index contributed by atoms with van der Waals surface area (Å²) in [5.41, 5.74) is 0. The van der Waals surface area contributed by atoms with Crippen molar-refractivity contribution >= 4 is 15.9 Å². The fourth-order valence-corrected chi connectivity index (χ4v) is 0.678. The molecule has 58 valence electrons. The van der Waals surface area contributed by atoms with Crippen molar-refractivity contribution in [2.45, 2.75) is 44.4 Å². The summed E-state index contributed by atoms with van der Waals surface area (Å²) in [5, 5.41) is 0. The van der Waals surface area contributed by atoms with Crippen LogP contribution in [0, 0.1) is 11.8 Å². The molecule has 0 nitrogen and oxygen atoms in total. The summed E-state index contributed by atoms with van der Waals surface area (Å²) in [4.78, 5) is 0. The standard InChI is InChI=1S/C9H15Br/c1-4-5-6-7-8-9(2,3)10/h4-6H2,1-3H3. The van der Waals surface area contributed by atoms with E-state index in [4.69, 9.17) is 0 Å². The number of rotatable bonds is 2. The van der Waals surface area contributed by atoms with Crippen molar-refractivity contribution in [1.82, 2.24) is 0 Å². The fraction of sp³-hybridized carbons (Fsp3) is 0.778. The van der Waals surface area contributed by atoms with Gasteiger partial charge in [-0.15, -0.1) is 5.92 Å². The predicted molar refractivity (Wildman–Crippen MR) is 50.3 cm³/mol. The van der Waals surface area contributed by atoms with Gasteiger partial charge < -0.3 is 0 Å². The minimum absolute atomic E-state index is 0.000736. The van der Waals surface area contributed by atoms with Crippen LogP contribution in [-0.4, -0.2) is 4.32 Å². The topological polar surface area (TPSA) is 0 Å². The van der Waals surface area contributed by atoms with Crippen LogP contribution in [0.5, 0.6) is 0 Å². The van der Waals surface area contributed by atoms with Crippen LogP contribution in [0.15, 0.2) is 0 Å². The Morgan fingerprint density at radius 2 is 2.00 bits per heavy atom. The highest BCUT2D eigenvalue weighted by Gasteiger charge is 2.05. The van der Waals surface area contributed by atoms with Crippen molar-refractivity contribution in [1.29, 1.82) is 0 Å². The van der Waals surface area contributed by atoms with Gasteiger partial charge >= 0.3 is 0 Å². The Balaban J connectivity index is 3.50. The highest BCUT2D eigenvalue weighted by molar-refractivity contribution is 9.10. The van der Waals surface area contributed by atoms with Gasteiger partial charge in [0.1, 0.15) is 0 Å². The second-order valence-electron chi connectivity index (χ2n) is 2.88. The van der Waals surface area contributed by atoms with E-state index in [2.05, 4.69) is 48.5 Å². The summed E-state index contributed by atoms with van der Waals surface area (Å²) in [7, 11) is 0. The molecule has 0 amide bonds. The fourth-order valence-electron chi connectivity index (χ4n) is 0.538. The third kappa shape index (κ3) is 8.04. The molecule has 0 atom stereocenters. The summed E-state index contributed by atoms with van der Waals surface area (Å²) in [6.07, 6.45) is 3.49. The summed E-state index contributed by atoms with van der Waals surface area (Å²) in [6.45, 7) is 6.30. The zero-order chi connectivity index (χ0) is 8.04. The van der Waals surface area contributed by atoms with Gasteiger partial charge in [0.15, 0.2) is 0 Å². The van der Waals surface area contributed by atoms with Gasteiger partial charge in [0.2, 0.25) is 0 Å². The quantitative estimate of drug-likeness (QED) is 0.366. The molecule has 0 N–H and O–H groups in total. The first-order chi connectivity index (χ1) is 4.56. The highest BCUT2D eigenvalue weighted by Crippen LogP contribution is 2.13. The van der Waals surface area contributed by atoms with Crippen LogP contribution in [0.1, 0.15) is 40.0 Å².